The van der Waals surface area contributed by atoms with E-state index < -0.39 is 35.0 Å². The van der Waals surface area contributed by atoms with E-state index in [0.29, 0.717) is 24.9 Å². The van der Waals surface area contributed by atoms with Crippen molar-refractivity contribution in [1.82, 2.24) is 30.5 Å². The topological polar surface area (TPSA) is 139 Å². The van der Waals surface area contributed by atoms with Gasteiger partial charge in [-0.3, -0.25) is 14.4 Å². The van der Waals surface area contributed by atoms with Gasteiger partial charge in [-0.2, -0.15) is 0 Å². The number of carbonyl (C=O) groups excluding carboxylic acids is 3. The van der Waals surface area contributed by atoms with Crippen molar-refractivity contribution in [2.24, 2.45) is 11.8 Å². The van der Waals surface area contributed by atoms with E-state index >= 15 is 0 Å². The maximum atomic E-state index is 13.6. The number of nitrogens with one attached hydrogen (secondary N) is 2. The quantitative estimate of drug-likeness (QED) is 0.485. The molecule has 1 aromatic carbocycles. The van der Waals surface area contributed by atoms with E-state index in [1.165, 1.54) is 4.90 Å². The highest BCUT2D eigenvalue weighted by Gasteiger charge is 2.77. The summed E-state index contributed by atoms with van der Waals surface area (Å²) in [6.45, 7) is 4.09. The lowest BCUT2D eigenvalue weighted by atomic mass is 9.66. The van der Waals surface area contributed by atoms with Gasteiger partial charge < -0.3 is 25.4 Å². The van der Waals surface area contributed by atoms with Gasteiger partial charge in [0, 0.05) is 13.1 Å². The number of nitrogens with zero attached hydrogens (tertiary/aromatic N) is 4. The second kappa shape index (κ2) is 8.31. The fourth-order valence-electron chi connectivity index (χ4n) is 6.12. The molecule has 3 amide bonds. The molecule has 2 aromatic rings. The molecule has 11 heteroatoms. The first-order valence-electron chi connectivity index (χ1n) is 11.8. The molecule has 4 heterocycles. The van der Waals surface area contributed by atoms with Gasteiger partial charge in [-0.15, -0.1) is 5.10 Å². The number of rotatable bonds is 8. The Morgan fingerprint density at radius 2 is 2.03 bits per heavy atom. The fraction of sp³-hybridized carbons (Fsp3) is 0.609. The third-order valence-electron chi connectivity index (χ3n) is 7.52. The predicted molar refractivity (Wildman–Crippen MR) is 120 cm³/mol. The van der Waals surface area contributed by atoms with E-state index in [1.807, 2.05) is 38.1 Å². The van der Waals surface area contributed by atoms with Crippen molar-refractivity contribution in [2.75, 3.05) is 19.7 Å². The molecular weight excluding hydrogens is 440 g/mol. The number of carbonyl (C=O) groups is 3. The molecule has 2 unspecified atom stereocenters. The Morgan fingerprint density at radius 1 is 1.24 bits per heavy atom. The number of para-hydroxylation sites is 1. The number of hydrogen-bond acceptors (Lipinski definition) is 7. The van der Waals surface area contributed by atoms with Crippen LogP contribution in [0.3, 0.4) is 0 Å². The average Bonchev–Trinajstić information content (AvgIpc) is 3.52. The predicted octanol–water partition coefficient (Wildman–Crippen LogP) is -0.212. The molecule has 5 atom stereocenters. The highest BCUT2D eigenvalue weighted by atomic mass is 16.5. The Hall–Kier alpha value is -3.05. The van der Waals surface area contributed by atoms with Crippen LogP contribution in [-0.2, 0) is 25.8 Å². The van der Waals surface area contributed by atoms with Gasteiger partial charge in [0.15, 0.2) is 0 Å². The molecule has 5 rings (SSSR count). The molecule has 3 aliphatic rings. The van der Waals surface area contributed by atoms with Crippen molar-refractivity contribution in [3.8, 4) is 0 Å². The zero-order valence-corrected chi connectivity index (χ0v) is 19.4. The van der Waals surface area contributed by atoms with E-state index in [0.717, 1.165) is 11.9 Å². The molecule has 3 aliphatic heterocycles. The molecule has 182 valence electrons. The highest BCUT2D eigenvalue weighted by Crippen LogP contribution is 2.63. The van der Waals surface area contributed by atoms with Gasteiger partial charge in [0.05, 0.1) is 29.6 Å². The minimum atomic E-state index is -1.11. The summed E-state index contributed by atoms with van der Waals surface area (Å²) in [5.41, 5.74) is -0.444. The largest absolute Gasteiger partial charge is 0.395 e. The molecule has 0 aliphatic carbocycles. The summed E-state index contributed by atoms with van der Waals surface area (Å²) in [6.07, 6.45) is 1.84. The summed E-state index contributed by atoms with van der Waals surface area (Å²) in [5, 5.41) is 23.6. The number of ether oxygens (including phenoxy) is 1. The lowest BCUT2D eigenvalue weighted by Gasteiger charge is -2.33. The molecule has 0 saturated carbocycles. The van der Waals surface area contributed by atoms with Crippen molar-refractivity contribution in [3.05, 3.63) is 24.3 Å². The molecular formula is C23H30N6O5. The molecule has 3 saturated heterocycles. The fourth-order valence-corrected chi connectivity index (χ4v) is 6.12. The normalized spacial score (nSPS) is 31.8. The van der Waals surface area contributed by atoms with Gasteiger partial charge in [0.25, 0.3) is 0 Å². The van der Waals surface area contributed by atoms with Crippen molar-refractivity contribution >= 4 is 28.8 Å². The molecule has 1 spiro atoms. The number of aliphatic hydroxyl groups excluding tert-OH is 1. The third kappa shape index (κ3) is 3.21. The monoisotopic (exact) mass is 470 g/mol. The van der Waals surface area contributed by atoms with Crippen LogP contribution in [-0.4, -0.2) is 79.7 Å². The molecule has 3 fully saturated rings. The van der Waals surface area contributed by atoms with Crippen molar-refractivity contribution < 1.29 is 24.2 Å². The number of amides is 3. The van der Waals surface area contributed by atoms with E-state index in [9.17, 15) is 19.5 Å². The van der Waals surface area contributed by atoms with Crippen molar-refractivity contribution in [2.45, 2.75) is 57.0 Å². The van der Waals surface area contributed by atoms with Crippen LogP contribution in [0.2, 0.25) is 0 Å². The van der Waals surface area contributed by atoms with Gasteiger partial charge >= 0.3 is 0 Å². The molecule has 34 heavy (non-hydrogen) atoms. The number of aromatic nitrogens is 3. The maximum absolute atomic E-state index is 13.6. The number of hydrogen-bond donors (Lipinski definition) is 3. The lowest BCUT2D eigenvalue weighted by molar-refractivity contribution is -0.146. The zero-order valence-electron chi connectivity index (χ0n) is 19.4. The van der Waals surface area contributed by atoms with Crippen LogP contribution in [0, 0.1) is 11.8 Å². The second-order valence-electron chi connectivity index (χ2n) is 9.55. The maximum Gasteiger partial charge on any atom is 0.247 e. The molecule has 1 aromatic heterocycles. The molecule has 11 nitrogen and oxygen atoms in total. The summed E-state index contributed by atoms with van der Waals surface area (Å²) >= 11 is 0. The van der Waals surface area contributed by atoms with E-state index in [2.05, 4.69) is 20.9 Å². The summed E-state index contributed by atoms with van der Waals surface area (Å²) in [5.74, 6) is -2.39. The van der Waals surface area contributed by atoms with E-state index in [1.54, 1.807) is 4.68 Å². The summed E-state index contributed by atoms with van der Waals surface area (Å²) in [4.78, 5) is 41.6. The van der Waals surface area contributed by atoms with Gasteiger partial charge in [-0.25, -0.2) is 4.68 Å². The van der Waals surface area contributed by atoms with Crippen molar-refractivity contribution in [1.29, 1.82) is 0 Å². The van der Waals surface area contributed by atoms with Gasteiger partial charge in [0.1, 0.15) is 23.8 Å². The first kappa shape index (κ1) is 22.7. The summed E-state index contributed by atoms with van der Waals surface area (Å²) < 4.78 is 8.05. The van der Waals surface area contributed by atoms with Gasteiger partial charge in [-0.05, 0) is 38.3 Å². The Morgan fingerprint density at radius 3 is 2.79 bits per heavy atom. The van der Waals surface area contributed by atoms with Crippen LogP contribution in [0.4, 0.5) is 0 Å². The Balaban J connectivity index is 1.43. The Kier molecular flexibility index (Phi) is 5.56. The highest BCUT2D eigenvalue weighted by molar-refractivity contribution is 5.99. The number of β-amino-alcohol motifs (C(OH)–C–C–N with tert-alkyl or cyclic N) is 1. The molecule has 2 bridgehead atoms. The SMILES string of the molecule is CCCNC(=O)[C@H]1[C@H]2C(=O)N(CCO)C(C(=O)NCn3nnc4ccccc43)C23CC[C@]1(C)O3. The van der Waals surface area contributed by atoms with Crippen LogP contribution in [0.1, 0.15) is 33.1 Å². The molecule has 0 radical (unpaired) electrons. The lowest BCUT2D eigenvalue weighted by Crippen LogP contribution is -2.55. The van der Waals surface area contributed by atoms with Gasteiger partial charge in [0.2, 0.25) is 17.7 Å². The van der Waals surface area contributed by atoms with Crippen LogP contribution < -0.4 is 10.6 Å². The molecule has 3 N–H and O–H groups in total. The third-order valence-corrected chi connectivity index (χ3v) is 7.52. The minimum Gasteiger partial charge on any atom is -0.395 e. The average molecular weight is 471 g/mol. The standard InChI is InChI=1S/C23H30N6O5/c1-3-10-24-19(31)16-17-21(33)28(11-12-30)18(23(17)9-8-22(16,2)34-23)20(32)25-13-29-15-7-5-4-6-14(15)26-27-29/h4-7,16-18,30H,3,8-13H2,1-2H3,(H,24,31)(H,25,32)/t16-,17+,18?,22+,23?/m1/s1. The number of benzene rings is 1. The first-order chi connectivity index (χ1) is 16.4. The Labute approximate surface area is 196 Å². The van der Waals surface area contributed by atoms with E-state index in [-0.39, 0.29) is 31.6 Å². The van der Waals surface area contributed by atoms with E-state index in [4.69, 9.17) is 4.74 Å². The number of fused-ring (bicyclic) bond motifs is 2. The van der Waals surface area contributed by atoms with Crippen LogP contribution >= 0.6 is 0 Å². The summed E-state index contributed by atoms with van der Waals surface area (Å²) in [7, 11) is 0. The van der Waals surface area contributed by atoms with Crippen LogP contribution in [0.15, 0.2) is 24.3 Å². The number of aliphatic hydroxyl groups is 1. The van der Waals surface area contributed by atoms with Crippen molar-refractivity contribution in [3.63, 3.8) is 0 Å². The number of likely N-dealkylation sites (tertiary alicyclic amines) is 1. The van der Waals surface area contributed by atoms with Gasteiger partial charge in [-0.1, -0.05) is 24.3 Å². The minimum absolute atomic E-state index is 0.00913. The smallest absolute Gasteiger partial charge is 0.247 e. The zero-order chi connectivity index (χ0) is 24.1. The Bertz CT molecular complexity index is 1140. The van der Waals surface area contributed by atoms with Crippen LogP contribution in [0.25, 0.3) is 11.0 Å². The summed E-state index contributed by atoms with van der Waals surface area (Å²) in [6, 6.07) is 6.46. The van der Waals surface area contributed by atoms with Crippen LogP contribution in [0.5, 0.6) is 0 Å². The first-order valence-corrected chi connectivity index (χ1v) is 11.8. The second-order valence-corrected chi connectivity index (χ2v) is 9.55.